The number of carbonyl (C=O) groups is 2. The van der Waals surface area contributed by atoms with Crippen LogP contribution < -0.4 is 15.5 Å². The van der Waals surface area contributed by atoms with Crippen LogP contribution in [0.1, 0.15) is 68.6 Å². The van der Waals surface area contributed by atoms with Gasteiger partial charge in [0.05, 0.1) is 10.4 Å². The molecule has 12 nitrogen and oxygen atoms in total. The van der Waals surface area contributed by atoms with Crippen molar-refractivity contribution in [2.45, 2.75) is 76.2 Å². The van der Waals surface area contributed by atoms with Gasteiger partial charge in [-0.2, -0.15) is 5.10 Å². The van der Waals surface area contributed by atoms with Crippen LogP contribution in [0.4, 0.5) is 16.6 Å². The van der Waals surface area contributed by atoms with Crippen molar-refractivity contribution in [3.05, 3.63) is 71.5 Å². The molecule has 1 atom stereocenters. The van der Waals surface area contributed by atoms with Crippen LogP contribution in [0.15, 0.2) is 59.8 Å². The average Bonchev–Trinajstić information content (AvgIpc) is 3.44. The van der Waals surface area contributed by atoms with E-state index in [2.05, 4.69) is 85.2 Å². The van der Waals surface area contributed by atoms with Crippen molar-refractivity contribution in [3.8, 4) is 0 Å². The van der Waals surface area contributed by atoms with Gasteiger partial charge in [-0.05, 0) is 104 Å². The second-order valence-corrected chi connectivity index (χ2v) is 16.7. The van der Waals surface area contributed by atoms with Gasteiger partial charge in [-0.3, -0.25) is 19.7 Å². The van der Waals surface area contributed by atoms with Crippen molar-refractivity contribution < 1.29 is 13.8 Å². The van der Waals surface area contributed by atoms with E-state index in [9.17, 15) is 13.8 Å². The highest BCUT2D eigenvalue weighted by atomic mass is 32.2. The maximum atomic E-state index is 13.6. The lowest BCUT2D eigenvalue weighted by atomic mass is 9.83. The minimum Gasteiger partial charge on any atom is -0.351 e. The van der Waals surface area contributed by atoms with Gasteiger partial charge in [0.15, 0.2) is 5.82 Å². The Morgan fingerprint density at radius 3 is 2.43 bits per heavy atom. The van der Waals surface area contributed by atoms with Crippen molar-refractivity contribution >= 4 is 45.6 Å². The first-order chi connectivity index (χ1) is 24.5. The zero-order valence-corrected chi connectivity index (χ0v) is 30.9. The number of carbonyl (C=O) groups excluding carboxylic acids is 2. The molecule has 13 heteroatoms. The second-order valence-electron chi connectivity index (χ2n) is 15.2. The van der Waals surface area contributed by atoms with Crippen LogP contribution >= 0.6 is 0 Å². The zero-order valence-electron chi connectivity index (χ0n) is 30.1. The number of urea groups is 1. The van der Waals surface area contributed by atoms with Crippen molar-refractivity contribution in [1.29, 1.82) is 0 Å². The number of aromatic nitrogens is 4. The molecule has 2 aromatic carbocycles. The van der Waals surface area contributed by atoms with Crippen LogP contribution in [0.3, 0.4) is 0 Å². The van der Waals surface area contributed by atoms with Crippen LogP contribution in [0.5, 0.6) is 0 Å². The van der Waals surface area contributed by atoms with E-state index >= 15 is 0 Å². The Labute approximate surface area is 302 Å². The Kier molecular flexibility index (Phi) is 10.2. The number of aryl methyl sites for hydroxylation is 2. The number of imide groups is 1. The largest absolute Gasteiger partial charge is 0.351 e. The molecule has 2 N–H and O–H groups in total. The predicted octanol–water partition coefficient (Wildman–Crippen LogP) is 5.17. The van der Waals surface area contributed by atoms with Crippen LogP contribution in [-0.2, 0) is 29.2 Å². The maximum absolute atomic E-state index is 13.6. The highest BCUT2D eigenvalue weighted by molar-refractivity contribution is 7.82. The first-order valence-electron chi connectivity index (χ1n) is 18.1. The van der Waals surface area contributed by atoms with Gasteiger partial charge in [-0.25, -0.2) is 23.3 Å². The highest BCUT2D eigenvalue weighted by Gasteiger charge is 2.30. The van der Waals surface area contributed by atoms with Crippen LogP contribution in [0.25, 0.3) is 10.9 Å². The number of hydrogen-bond donors (Lipinski definition) is 2. The van der Waals surface area contributed by atoms with Gasteiger partial charge >= 0.3 is 6.03 Å². The summed E-state index contributed by atoms with van der Waals surface area (Å²) >= 11 is 0. The normalized spacial score (nSPS) is 19.4. The summed E-state index contributed by atoms with van der Waals surface area (Å²) < 4.78 is 17.5. The third-order valence-corrected chi connectivity index (χ3v) is 12.0. The molecule has 0 saturated carbocycles. The monoisotopic (exact) mass is 711 g/mol. The molecule has 0 aliphatic carbocycles. The third kappa shape index (κ3) is 8.15. The summed E-state index contributed by atoms with van der Waals surface area (Å²) in [6.07, 6.45) is 8.80. The molecule has 3 fully saturated rings. The van der Waals surface area contributed by atoms with Crippen molar-refractivity contribution in [1.82, 2.24) is 34.3 Å². The Hall–Kier alpha value is -4.20. The van der Waals surface area contributed by atoms with Gasteiger partial charge in [0.2, 0.25) is 11.9 Å². The number of nitrogens with zero attached hydrogens (tertiary/aromatic N) is 7. The predicted molar refractivity (Wildman–Crippen MR) is 200 cm³/mol. The smallest absolute Gasteiger partial charge is 0.329 e. The molecule has 0 radical (unpaired) electrons. The molecule has 2 aromatic heterocycles. The topological polar surface area (TPSA) is 129 Å². The first kappa shape index (κ1) is 35.2. The van der Waals surface area contributed by atoms with E-state index in [1.54, 1.807) is 4.90 Å². The van der Waals surface area contributed by atoms with Gasteiger partial charge in [0.1, 0.15) is 11.0 Å². The Morgan fingerprint density at radius 1 is 0.961 bits per heavy atom. The van der Waals surface area contributed by atoms with Crippen molar-refractivity contribution in [2.24, 2.45) is 12.5 Å². The summed E-state index contributed by atoms with van der Waals surface area (Å²) in [5.74, 6) is 1.47. The summed E-state index contributed by atoms with van der Waals surface area (Å²) in [7, 11) is 0.719. The first-order valence-corrected chi connectivity index (χ1v) is 19.2. The quantitative estimate of drug-likeness (QED) is 0.231. The average molecular weight is 712 g/mol. The van der Waals surface area contributed by atoms with Gasteiger partial charge in [0, 0.05) is 63.5 Å². The van der Waals surface area contributed by atoms with Gasteiger partial charge in [-0.1, -0.05) is 32.0 Å². The number of anilines is 2. The van der Waals surface area contributed by atoms with Gasteiger partial charge < -0.3 is 10.2 Å². The minimum atomic E-state index is -1.19. The molecule has 3 aliphatic heterocycles. The van der Waals surface area contributed by atoms with E-state index in [1.807, 2.05) is 37.1 Å². The zero-order chi connectivity index (χ0) is 35.7. The number of piperidine rings is 2. The maximum Gasteiger partial charge on any atom is 0.329 e. The summed E-state index contributed by atoms with van der Waals surface area (Å²) in [6, 6.07) is 14.7. The molecule has 0 bridgehead atoms. The SMILES string of the molecule is Cc1cnc(NC2CCN(S(=O)c3cccc(CC(C)(C)CN4CCC(c5ccc6c(N7CCC(=O)NC7=O)nn(C)c6c5)CC4)c3)CC2)nc1. The number of amides is 3. The number of likely N-dealkylation sites (tertiary alicyclic amines) is 1. The van der Waals surface area contributed by atoms with Gasteiger partial charge in [-0.15, -0.1) is 0 Å². The molecule has 0 spiro atoms. The minimum absolute atomic E-state index is 0.0599. The Morgan fingerprint density at radius 2 is 1.71 bits per heavy atom. The van der Waals surface area contributed by atoms with Crippen molar-refractivity contribution in [2.75, 3.05) is 49.5 Å². The number of benzene rings is 2. The van der Waals surface area contributed by atoms with Crippen molar-refractivity contribution in [3.63, 3.8) is 0 Å². The second kappa shape index (κ2) is 14.8. The van der Waals surface area contributed by atoms with Crippen LogP contribution in [-0.4, -0.2) is 90.4 Å². The lowest BCUT2D eigenvalue weighted by Crippen LogP contribution is -2.49. The number of hydrogen-bond acceptors (Lipinski definition) is 8. The van der Waals surface area contributed by atoms with E-state index in [-0.39, 0.29) is 23.8 Å². The fraction of sp³-hybridized carbons (Fsp3) is 0.500. The van der Waals surface area contributed by atoms with E-state index in [0.717, 1.165) is 86.2 Å². The Bertz CT molecular complexity index is 1910. The summed E-state index contributed by atoms with van der Waals surface area (Å²) in [5, 5.41) is 11.4. The summed E-state index contributed by atoms with van der Waals surface area (Å²) in [6.45, 7) is 11.6. The van der Waals surface area contributed by atoms with Crippen LogP contribution in [0.2, 0.25) is 0 Å². The molecular weight excluding hydrogens is 663 g/mol. The van der Waals surface area contributed by atoms with Gasteiger partial charge in [0.25, 0.3) is 0 Å². The molecule has 1 unspecified atom stereocenters. The molecule has 3 aliphatic rings. The highest BCUT2D eigenvalue weighted by Crippen LogP contribution is 2.35. The number of rotatable bonds is 10. The lowest BCUT2D eigenvalue weighted by molar-refractivity contribution is -0.120. The standard InChI is InChI=1S/C38H49N9O3S/c1-26-23-39-36(40-24-26)41-30-12-17-46(18-13-30)51(50)31-7-5-6-27(20-31)22-38(2,3)25-45-15-10-28(11-16-45)29-8-9-32-33(21-29)44(4)43-35(32)47-19-14-34(48)42-37(47)49/h5-9,20-21,23-24,28,30H,10-19,22,25H2,1-4H3,(H,39,40,41)(H,42,48,49). The van der Waals surface area contributed by atoms with E-state index < -0.39 is 17.0 Å². The molecule has 51 heavy (non-hydrogen) atoms. The molecule has 7 rings (SSSR count). The number of fused-ring (bicyclic) bond motifs is 1. The molecule has 3 saturated heterocycles. The molecule has 4 aromatic rings. The van der Waals surface area contributed by atoms with E-state index in [4.69, 9.17) is 0 Å². The fourth-order valence-corrected chi connectivity index (χ4v) is 9.13. The summed E-state index contributed by atoms with van der Waals surface area (Å²) in [5.41, 5.74) is 4.63. The Balaban J connectivity index is 0.908. The van der Waals surface area contributed by atoms with Crippen LogP contribution in [0, 0.1) is 12.3 Å². The van der Waals surface area contributed by atoms with E-state index in [1.165, 1.54) is 11.1 Å². The summed E-state index contributed by atoms with van der Waals surface area (Å²) in [4.78, 5) is 37.9. The molecule has 5 heterocycles. The fourth-order valence-electron chi connectivity index (χ4n) is 7.84. The molecular formula is C38H49N9O3S. The third-order valence-electron chi connectivity index (χ3n) is 10.5. The lowest BCUT2D eigenvalue weighted by Gasteiger charge is -2.38. The van der Waals surface area contributed by atoms with E-state index in [0.29, 0.717) is 24.2 Å². The number of nitrogens with one attached hydrogen (secondary N) is 2. The molecule has 270 valence electrons. The molecule has 3 amide bonds.